The van der Waals surface area contributed by atoms with Crippen molar-refractivity contribution < 1.29 is 0 Å². The molecule has 3 nitrogen and oxygen atoms in total. The van der Waals surface area contributed by atoms with Gasteiger partial charge in [-0.05, 0) is 18.8 Å². The van der Waals surface area contributed by atoms with Gasteiger partial charge in [0, 0.05) is 30.5 Å². The van der Waals surface area contributed by atoms with Gasteiger partial charge in [0.05, 0.1) is 6.20 Å². The molecule has 1 N–H and O–H groups in total. The van der Waals surface area contributed by atoms with Gasteiger partial charge in [0.15, 0.2) is 0 Å². The smallest absolute Gasteiger partial charge is 0.0538 e. The third-order valence-electron chi connectivity index (χ3n) is 3.37. The molecule has 0 amide bonds. The minimum absolute atomic E-state index is 0.691. The molecule has 0 aliphatic heterocycles. The van der Waals surface area contributed by atoms with E-state index in [-0.39, 0.29) is 0 Å². The minimum atomic E-state index is 0.691. The van der Waals surface area contributed by atoms with E-state index >= 15 is 0 Å². The lowest BCUT2D eigenvalue weighted by Gasteiger charge is -2.27. The van der Waals surface area contributed by atoms with Crippen LogP contribution in [0.25, 0.3) is 6.20 Å². The van der Waals surface area contributed by atoms with Crippen molar-refractivity contribution in [1.82, 2.24) is 15.1 Å². The van der Waals surface area contributed by atoms with Crippen molar-refractivity contribution in [3.05, 3.63) is 24.5 Å². The molecular formula is C13H21N3. The Hall–Kier alpha value is -1.09. The molecule has 1 fully saturated rings. The molecule has 2 rings (SSSR count). The second-order valence-corrected chi connectivity index (χ2v) is 4.86. The first-order chi connectivity index (χ1) is 7.78. The maximum Gasteiger partial charge on any atom is 0.0538 e. The topological polar surface area (TPSA) is 29.9 Å². The second-order valence-electron chi connectivity index (χ2n) is 4.86. The van der Waals surface area contributed by atoms with Crippen LogP contribution < -0.4 is 5.32 Å². The molecule has 88 valence electrons. The molecule has 1 aromatic rings. The molecule has 1 aliphatic carbocycles. The van der Waals surface area contributed by atoms with Gasteiger partial charge in [-0.25, -0.2) is 4.68 Å². The number of rotatable bonds is 4. The van der Waals surface area contributed by atoms with Crippen LogP contribution in [0.4, 0.5) is 0 Å². The maximum absolute atomic E-state index is 4.17. The Balaban J connectivity index is 1.80. The fraction of sp³-hybridized carbons (Fsp3) is 0.615. The summed E-state index contributed by atoms with van der Waals surface area (Å²) in [5, 5.41) is 7.79. The number of aromatic nitrogens is 2. The van der Waals surface area contributed by atoms with Gasteiger partial charge in [0.1, 0.15) is 0 Å². The predicted octanol–water partition coefficient (Wildman–Crippen LogP) is 2.65. The zero-order valence-corrected chi connectivity index (χ0v) is 10.0. The van der Waals surface area contributed by atoms with Crippen molar-refractivity contribution in [1.29, 1.82) is 0 Å². The molecular weight excluding hydrogens is 198 g/mol. The molecule has 0 bridgehead atoms. The van der Waals surface area contributed by atoms with Crippen LogP contribution in [0.15, 0.2) is 19.0 Å². The Bertz CT molecular complexity index is 343. The van der Waals surface area contributed by atoms with E-state index in [1.165, 1.54) is 31.2 Å². The third-order valence-corrected chi connectivity index (χ3v) is 3.37. The Morgan fingerprint density at radius 3 is 3.19 bits per heavy atom. The molecule has 1 heterocycles. The van der Waals surface area contributed by atoms with Gasteiger partial charge < -0.3 is 5.32 Å². The van der Waals surface area contributed by atoms with Crippen LogP contribution in [0, 0.1) is 5.92 Å². The SMILES string of the molecule is C=Cn1cc(CNC2CCCC(C)C2)cn1. The van der Waals surface area contributed by atoms with E-state index in [2.05, 4.69) is 23.9 Å². The van der Waals surface area contributed by atoms with Crippen LogP contribution in [0.1, 0.15) is 38.2 Å². The Labute approximate surface area is 97.5 Å². The van der Waals surface area contributed by atoms with Crippen LogP contribution in [0.3, 0.4) is 0 Å². The summed E-state index contributed by atoms with van der Waals surface area (Å²) in [6, 6.07) is 0.691. The summed E-state index contributed by atoms with van der Waals surface area (Å²) in [6.07, 6.45) is 11.0. The lowest BCUT2D eigenvalue weighted by molar-refractivity contribution is 0.300. The highest BCUT2D eigenvalue weighted by Gasteiger charge is 2.18. The number of nitrogens with zero attached hydrogens (tertiary/aromatic N) is 2. The lowest BCUT2D eigenvalue weighted by atomic mass is 9.87. The minimum Gasteiger partial charge on any atom is -0.310 e. The summed E-state index contributed by atoms with van der Waals surface area (Å²) >= 11 is 0. The van der Waals surface area contributed by atoms with E-state index < -0.39 is 0 Å². The van der Waals surface area contributed by atoms with Crippen molar-refractivity contribution >= 4 is 6.20 Å². The molecule has 16 heavy (non-hydrogen) atoms. The highest BCUT2D eigenvalue weighted by molar-refractivity contribution is 5.17. The first-order valence-corrected chi connectivity index (χ1v) is 6.17. The summed E-state index contributed by atoms with van der Waals surface area (Å²) in [5.41, 5.74) is 1.23. The van der Waals surface area contributed by atoms with Crippen LogP contribution in [0.5, 0.6) is 0 Å². The molecule has 1 aliphatic rings. The first kappa shape index (κ1) is 11.4. The summed E-state index contributed by atoms with van der Waals surface area (Å²) in [4.78, 5) is 0. The van der Waals surface area contributed by atoms with Gasteiger partial charge in [-0.1, -0.05) is 26.3 Å². The van der Waals surface area contributed by atoms with Crippen LogP contribution in [-0.2, 0) is 6.54 Å². The zero-order valence-electron chi connectivity index (χ0n) is 10.0. The highest BCUT2D eigenvalue weighted by atomic mass is 15.2. The fourth-order valence-electron chi connectivity index (χ4n) is 2.45. The average Bonchev–Trinajstić information content (AvgIpc) is 2.74. The standard InChI is InChI=1S/C13H21N3/c1-3-16-10-12(9-15-16)8-14-13-6-4-5-11(2)7-13/h3,9-11,13-14H,1,4-8H2,2H3. The van der Waals surface area contributed by atoms with Gasteiger partial charge in [-0.15, -0.1) is 0 Å². The van der Waals surface area contributed by atoms with E-state index in [1.54, 1.807) is 10.9 Å². The normalized spacial score (nSPS) is 25.6. The predicted molar refractivity (Wildman–Crippen MR) is 66.9 cm³/mol. The summed E-state index contributed by atoms with van der Waals surface area (Å²) in [7, 11) is 0. The van der Waals surface area contributed by atoms with E-state index in [4.69, 9.17) is 0 Å². The van der Waals surface area contributed by atoms with Gasteiger partial charge in [0.2, 0.25) is 0 Å². The number of hydrogen-bond acceptors (Lipinski definition) is 2. The average molecular weight is 219 g/mol. The Morgan fingerprint density at radius 2 is 2.50 bits per heavy atom. The van der Waals surface area contributed by atoms with Crippen molar-refractivity contribution in [2.75, 3.05) is 0 Å². The largest absolute Gasteiger partial charge is 0.310 e. The van der Waals surface area contributed by atoms with Crippen molar-refractivity contribution in [2.45, 2.75) is 45.2 Å². The van der Waals surface area contributed by atoms with Crippen LogP contribution in [-0.4, -0.2) is 15.8 Å². The van der Waals surface area contributed by atoms with Crippen LogP contribution in [0.2, 0.25) is 0 Å². The first-order valence-electron chi connectivity index (χ1n) is 6.17. The van der Waals surface area contributed by atoms with E-state index in [1.807, 2.05) is 12.4 Å². The zero-order chi connectivity index (χ0) is 11.4. The van der Waals surface area contributed by atoms with Gasteiger partial charge >= 0.3 is 0 Å². The van der Waals surface area contributed by atoms with Gasteiger partial charge in [0.25, 0.3) is 0 Å². The van der Waals surface area contributed by atoms with Crippen LogP contribution >= 0.6 is 0 Å². The summed E-state index contributed by atoms with van der Waals surface area (Å²) < 4.78 is 1.75. The highest BCUT2D eigenvalue weighted by Crippen LogP contribution is 2.23. The number of nitrogens with one attached hydrogen (secondary N) is 1. The quantitative estimate of drug-likeness (QED) is 0.843. The van der Waals surface area contributed by atoms with E-state index in [0.717, 1.165) is 12.5 Å². The van der Waals surface area contributed by atoms with Crippen molar-refractivity contribution in [3.63, 3.8) is 0 Å². The molecule has 0 aromatic carbocycles. The molecule has 0 radical (unpaired) electrons. The fourth-order valence-corrected chi connectivity index (χ4v) is 2.45. The summed E-state index contributed by atoms with van der Waals surface area (Å²) in [5.74, 6) is 0.877. The molecule has 2 unspecified atom stereocenters. The molecule has 2 atom stereocenters. The Morgan fingerprint density at radius 1 is 1.62 bits per heavy atom. The monoisotopic (exact) mass is 219 g/mol. The molecule has 0 spiro atoms. The molecule has 1 saturated carbocycles. The second kappa shape index (κ2) is 5.30. The van der Waals surface area contributed by atoms with Gasteiger partial charge in [-0.2, -0.15) is 5.10 Å². The lowest BCUT2D eigenvalue weighted by Crippen LogP contribution is -2.32. The molecule has 1 aromatic heterocycles. The van der Waals surface area contributed by atoms with Gasteiger partial charge in [-0.3, -0.25) is 0 Å². The number of hydrogen-bond donors (Lipinski definition) is 1. The van der Waals surface area contributed by atoms with E-state index in [0.29, 0.717) is 6.04 Å². The Kier molecular flexibility index (Phi) is 3.78. The molecule has 3 heteroatoms. The third kappa shape index (κ3) is 2.95. The van der Waals surface area contributed by atoms with Crippen molar-refractivity contribution in [3.8, 4) is 0 Å². The summed E-state index contributed by atoms with van der Waals surface area (Å²) in [6.45, 7) is 6.96. The maximum atomic E-state index is 4.17. The van der Waals surface area contributed by atoms with Crippen molar-refractivity contribution in [2.24, 2.45) is 5.92 Å². The molecule has 0 saturated heterocycles. The van der Waals surface area contributed by atoms with E-state index in [9.17, 15) is 0 Å².